The molecular weight excluding hydrogens is 238 g/mol. The van der Waals surface area contributed by atoms with Crippen LogP contribution in [0.3, 0.4) is 0 Å². The Morgan fingerprint density at radius 1 is 1.26 bits per heavy atom. The van der Waals surface area contributed by atoms with Gasteiger partial charge in [-0.2, -0.15) is 0 Å². The van der Waals surface area contributed by atoms with E-state index in [2.05, 4.69) is 21.8 Å². The molecule has 4 nitrogen and oxygen atoms in total. The zero-order chi connectivity index (χ0) is 13.1. The molecule has 0 aromatic carbocycles. The predicted octanol–water partition coefficient (Wildman–Crippen LogP) is 2.66. The van der Waals surface area contributed by atoms with E-state index in [0.717, 1.165) is 13.2 Å². The number of imidazole rings is 1. The SMILES string of the molecule is CCNC1CCC(OCc2cncn2C2CC2)CC1. The van der Waals surface area contributed by atoms with Gasteiger partial charge >= 0.3 is 0 Å². The molecule has 2 aliphatic rings. The van der Waals surface area contributed by atoms with Crippen molar-refractivity contribution in [1.29, 1.82) is 0 Å². The Morgan fingerprint density at radius 2 is 2.05 bits per heavy atom. The van der Waals surface area contributed by atoms with E-state index in [1.54, 1.807) is 0 Å². The average molecular weight is 263 g/mol. The van der Waals surface area contributed by atoms with Gasteiger partial charge in [0, 0.05) is 12.1 Å². The van der Waals surface area contributed by atoms with E-state index in [0.29, 0.717) is 18.2 Å². The van der Waals surface area contributed by atoms with Crippen LogP contribution in [-0.4, -0.2) is 28.2 Å². The Balaban J connectivity index is 1.44. The van der Waals surface area contributed by atoms with Crippen LogP contribution in [0, 0.1) is 0 Å². The summed E-state index contributed by atoms with van der Waals surface area (Å²) in [7, 11) is 0. The average Bonchev–Trinajstić information content (AvgIpc) is 3.17. The molecule has 3 rings (SSSR count). The van der Waals surface area contributed by atoms with Crippen molar-refractivity contribution in [3.8, 4) is 0 Å². The molecule has 2 fully saturated rings. The maximum absolute atomic E-state index is 6.08. The molecule has 0 spiro atoms. The number of rotatable bonds is 6. The van der Waals surface area contributed by atoms with E-state index < -0.39 is 0 Å². The molecule has 0 aliphatic heterocycles. The smallest absolute Gasteiger partial charge is 0.0951 e. The van der Waals surface area contributed by atoms with Crippen molar-refractivity contribution in [2.45, 2.75) is 70.2 Å². The van der Waals surface area contributed by atoms with Crippen LogP contribution in [0.25, 0.3) is 0 Å². The van der Waals surface area contributed by atoms with Crippen molar-refractivity contribution in [3.05, 3.63) is 18.2 Å². The number of nitrogens with one attached hydrogen (secondary N) is 1. The third kappa shape index (κ3) is 3.37. The summed E-state index contributed by atoms with van der Waals surface area (Å²) >= 11 is 0. The summed E-state index contributed by atoms with van der Waals surface area (Å²) in [6, 6.07) is 1.41. The van der Waals surface area contributed by atoms with Gasteiger partial charge in [-0.05, 0) is 45.1 Å². The van der Waals surface area contributed by atoms with Gasteiger partial charge in [0.15, 0.2) is 0 Å². The summed E-state index contributed by atoms with van der Waals surface area (Å²) in [5.41, 5.74) is 1.25. The number of hydrogen-bond donors (Lipinski definition) is 1. The third-order valence-corrected chi connectivity index (χ3v) is 4.32. The molecule has 0 amide bonds. The van der Waals surface area contributed by atoms with E-state index in [9.17, 15) is 0 Å². The maximum Gasteiger partial charge on any atom is 0.0951 e. The van der Waals surface area contributed by atoms with Gasteiger partial charge in [0.1, 0.15) is 0 Å². The maximum atomic E-state index is 6.08. The Kier molecular flexibility index (Phi) is 4.18. The number of ether oxygens (including phenoxy) is 1. The minimum Gasteiger partial charge on any atom is -0.372 e. The van der Waals surface area contributed by atoms with Crippen molar-refractivity contribution >= 4 is 0 Å². The molecule has 106 valence electrons. The van der Waals surface area contributed by atoms with Gasteiger partial charge in [-0.3, -0.25) is 0 Å². The molecule has 19 heavy (non-hydrogen) atoms. The molecule has 2 saturated carbocycles. The highest BCUT2D eigenvalue weighted by Gasteiger charge is 2.26. The molecule has 4 heteroatoms. The fraction of sp³-hybridized carbons (Fsp3) is 0.800. The van der Waals surface area contributed by atoms with Gasteiger partial charge in [0.25, 0.3) is 0 Å². The molecule has 1 aromatic rings. The first-order valence-electron chi connectivity index (χ1n) is 7.72. The monoisotopic (exact) mass is 263 g/mol. The minimum absolute atomic E-state index is 0.442. The molecule has 2 aliphatic carbocycles. The van der Waals surface area contributed by atoms with E-state index in [-0.39, 0.29) is 0 Å². The van der Waals surface area contributed by atoms with Crippen LogP contribution in [0.4, 0.5) is 0 Å². The summed E-state index contributed by atoms with van der Waals surface area (Å²) in [4.78, 5) is 4.26. The van der Waals surface area contributed by atoms with Gasteiger partial charge < -0.3 is 14.6 Å². The minimum atomic E-state index is 0.442. The van der Waals surface area contributed by atoms with Gasteiger partial charge in [-0.25, -0.2) is 4.98 Å². The first kappa shape index (κ1) is 13.1. The lowest BCUT2D eigenvalue weighted by atomic mass is 9.93. The highest BCUT2D eigenvalue weighted by Crippen LogP contribution is 2.35. The van der Waals surface area contributed by atoms with Gasteiger partial charge in [-0.1, -0.05) is 6.92 Å². The summed E-state index contributed by atoms with van der Waals surface area (Å²) in [5, 5.41) is 3.54. The Bertz CT molecular complexity index is 392. The van der Waals surface area contributed by atoms with Crippen molar-refractivity contribution in [2.75, 3.05) is 6.54 Å². The summed E-state index contributed by atoms with van der Waals surface area (Å²) in [6.45, 7) is 3.99. The Morgan fingerprint density at radius 3 is 2.74 bits per heavy atom. The number of aromatic nitrogens is 2. The molecule has 1 N–H and O–H groups in total. The first-order chi connectivity index (χ1) is 9.36. The highest BCUT2D eigenvalue weighted by molar-refractivity contribution is 5.02. The molecule has 0 bridgehead atoms. The lowest BCUT2D eigenvalue weighted by Crippen LogP contribution is -2.35. The molecule has 0 radical (unpaired) electrons. The quantitative estimate of drug-likeness (QED) is 0.857. The summed E-state index contributed by atoms with van der Waals surface area (Å²) < 4.78 is 8.38. The molecular formula is C15H25N3O. The van der Waals surface area contributed by atoms with Crippen LogP contribution < -0.4 is 5.32 Å². The molecule has 1 heterocycles. The van der Waals surface area contributed by atoms with Gasteiger partial charge in [0.05, 0.1) is 30.9 Å². The van der Waals surface area contributed by atoms with Crippen LogP contribution in [0.1, 0.15) is 57.2 Å². The fourth-order valence-electron chi connectivity index (χ4n) is 3.05. The van der Waals surface area contributed by atoms with Crippen LogP contribution in [0.15, 0.2) is 12.5 Å². The number of hydrogen-bond acceptors (Lipinski definition) is 3. The fourth-order valence-corrected chi connectivity index (χ4v) is 3.05. The van der Waals surface area contributed by atoms with Gasteiger partial charge in [-0.15, -0.1) is 0 Å². The van der Waals surface area contributed by atoms with Crippen LogP contribution >= 0.6 is 0 Å². The van der Waals surface area contributed by atoms with Crippen LogP contribution in [0.2, 0.25) is 0 Å². The second-order valence-corrected chi connectivity index (χ2v) is 5.87. The largest absolute Gasteiger partial charge is 0.372 e. The first-order valence-corrected chi connectivity index (χ1v) is 7.72. The molecule has 0 atom stereocenters. The van der Waals surface area contributed by atoms with Crippen LogP contribution in [0.5, 0.6) is 0 Å². The second-order valence-electron chi connectivity index (χ2n) is 5.87. The summed E-state index contributed by atoms with van der Waals surface area (Å²) in [6.07, 6.45) is 11.8. The molecule has 0 unspecified atom stereocenters. The summed E-state index contributed by atoms with van der Waals surface area (Å²) in [5.74, 6) is 0. The van der Waals surface area contributed by atoms with E-state index in [1.807, 2.05) is 12.5 Å². The van der Waals surface area contributed by atoms with Crippen molar-refractivity contribution in [1.82, 2.24) is 14.9 Å². The van der Waals surface area contributed by atoms with Crippen LogP contribution in [-0.2, 0) is 11.3 Å². The van der Waals surface area contributed by atoms with Gasteiger partial charge in [0.2, 0.25) is 0 Å². The van der Waals surface area contributed by atoms with Crippen molar-refractivity contribution < 1.29 is 4.74 Å². The van der Waals surface area contributed by atoms with E-state index in [1.165, 1.54) is 44.2 Å². The standard InChI is InChI=1S/C15H25N3O/c1-2-17-12-3-7-15(8-4-12)19-10-14-9-16-11-18(14)13-5-6-13/h9,11-13,15,17H,2-8,10H2,1H3. The highest BCUT2D eigenvalue weighted by atomic mass is 16.5. The Labute approximate surface area is 115 Å². The zero-order valence-corrected chi connectivity index (χ0v) is 11.8. The zero-order valence-electron chi connectivity index (χ0n) is 11.8. The van der Waals surface area contributed by atoms with E-state index in [4.69, 9.17) is 4.74 Å². The molecule has 1 aromatic heterocycles. The Hall–Kier alpha value is -0.870. The predicted molar refractivity (Wildman–Crippen MR) is 75.0 cm³/mol. The lowest BCUT2D eigenvalue weighted by Gasteiger charge is -2.29. The number of nitrogens with zero attached hydrogens (tertiary/aromatic N) is 2. The second kappa shape index (κ2) is 6.06. The molecule has 0 saturated heterocycles. The third-order valence-electron chi connectivity index (χ3n) is 4.32. The topological polar surface area (TPSA) is 39.1 Å². The lowest BCUT2D eigenvalue weighted by molar-refractivity contribution is 0.00865. The van der Waals surface area contributed by atoms with Crippen molar-refractivity contribution in [2.24, 2.45) is 0 Å². The normalized spacial score (nSPS) is 27.6. The van der Waals surface area contributed by atoms with Crippen molar-refractivity contribution in [3.63, 3.8) is 0 Å². The van der Waals surface area contributed by atoms with E-state index >= 15 is 0 Å².